The molecule has 2 aliphatic rings. The zero-order chi connectivity index (χ0) is 21.9. The molecule has 2 heterocycles. The smallest absolute Gasteiger partial charge is 0.550 e. The fraction of sp³-hybridized carbons (Fsp3) is 0.400. The Kier molecular flexibility index (Phi) is 7.86. The van der Waals surface area contributed by atoms with Crippen LogP contribution in [0, 0.1) is 5.92 Å². The largest absolute Gasteiger partial charge is 1.00 e. The SMILES string of the molecule is O=C([O-])C[C@H]1CC[C@@H](c2ccc(-c3ccc(Nc4nnc(C5CCC5)o4)cc3)cc2)OC1.[Na+]. The Morgan fingerprint density at radius 1 is 0.970 bits per heavy atom. The first-order chi connectivity index (χ1) is 15.6. The van der Waals surface area contributed by atoms with Crippen LogP contribution in [0.4, 0.5) is 11.7 Å². The number of benzene rings is 2. The zero-order valence-electron chi connectivity index (χ0n) is 18.8. The Labute approximate surface area is 215 Å². The molecule has 0 amide bonds. The van der Waals surface area contributed by atoms with E-state index in [1.165, 1.54) is 6.42 Å². The van der Waals surface area contributed by atoms with Crippen LogP contribution in [0.2, 0.25) is 0 Å². The average molecular weight is 455 g/mol. The summed E-state index contributed by atoms with van der Waals surface area (Å²) in [5.74, 6) is 0.204. The second kappa shape index (κ2) is 10.8. The molecule has 7 nitrogen and oxygen atoms in total. The van der Waals surface area contributed by atoms with Gasteiger partial charge in [-0.25, -0.2) is 0 Å². The van der Waals surface area contributed by atoms with Gasteiger partial charge >= 0.3 is 35.6 Å². The minimum atomic E-state index is -1.00. The van der Waals surface area contributed by atoms with Crippen molar-refractivity contribution >= 4 is 17.7 Å². The monoisotopic (exact) mass is 455 g/mol. The second-order valence-corrected chi connectivity index (χ2v) is 8.74. The molecule has 1 N–H and O–H groups in total. The fourth-order valence-corrected chi connectivity index (χ4v) is 4.33. The van der Waals surface area contributed by atoms with Crippen LogP contribution in [0.15, 0.2) is 52.9 Å². The summed E-state index contributed by atoms with van der Waals surface area (Å²) >= 11 is 0. The normalized spacial score (nSPS) is 20.5. The third kappa shape index (κ3) is 5.84. The summed E-state index contributed by atoms with van der Waals surface area (Å²) < 4.78 is 11.6. The first-order valence-electron chi connectivity index (χ1n) is 11.3. The van der Waals surface area contributed by atoms with Gasteiger partial charge in [0.2, 0.25) is 5.89 Å². The van der Waals surface area contributed by atoms with Crippen LogP contribution >= 0.6 is 0 Å². The molecule has 2 fully saturated rings. The Bertz CT molecular complexity index is 1060. The van der Waals surface area contributed by atoms with Gasteiger partial charge in [0.15, 0.2) is 0 Å². The summed E-state index contributed by atoms with van der Waals surface area (Å²) in [6, 6.07) is 16.9. The van der Waals surface area contributed by atoms with Crippen LogP contribution in [0.1, 0.15) is 62.0 Å². The molecule has 8 heteroatoms. The van der Waals surface area contributed by atoms with Gasteiger partial charge in [0.05, 0.1) is 12.7 Å². The average Bonchev–Trinajstić information content (AvgIpc) is 3.21. The number of rotatable bonds is 7. The van der Waals surface area contributed by atoms with Crippen LogP contribution in [0.3, 0.4) is 0 Å². The van der Waals surface area contributed by atoms with Crippen molar-refractivity contribution in [3.05, 3.63) is 60.0 Å². The number of nitrogens with one attached hydrogen (secondary N) is 1. The molecule has 2 aromatic carbocycles. The van der Waals surface area contributed by atoms with Crippen molar-refractivity contribution in [3.8, 4) is 11.1 Å². The topological polar surface area (TPSA) is 100 Å². The first-order valence-corrected chi connectivity index (χ1v) is 11.3. The maximum atomic E-state index is 10.8. The van der Waals surface area contributed by atoms with Crippen LogP contribution in [-0.2, 0) is 9.53 Å². The number of carbonyl (C=O) groups excluding carboxylic acids is 1. The summed E-state index contributed by atoms with van der Waals surface area (Å²) in [5, 5.41) is 22.2. The number of aromatic nitrogens is 2. The van der Waals surface area contributed by atoms with E-state index in [-0.39, 0.29) is 48.0 Å². The van der Waals surface area contributed by atoms with Gasteiger partial charge < -0.3 is 24.4 Å². The fourth-order valence-electron chi connectivity index (χ4n) is 4.33. The molecule has 1 saturated carbocycles. The van der Waals surface area contributed by atoms with E-state index >= 15 is 0 Å². The molecule has 33 heavy (non-hydrogen) atoms. The van der Waals surface area contributed by atoms with Crippen LogP contribution < -0.4 is 40.0 Å². The molecule has 1 aromatic heterocycles. The molecular weight excluding hydrogens is 429 g/mol. The standard InChI is InChI=1S/C25H27N3O4.Na/c29-23(30)14-16-4-13-22(31-15-16)19-7-5-17(6-8-19)18-9-11-21(12-10-18)26-25-28-27-24(32-25)20-2-1-3-20;/h5-12,16,20,22H,1-4,13-15H2,(H,26,28)(H,29,30);/q;+1/p-1/t16-,22+;/m1./s1. The molecule has 5 rings (SSSR count). The Balaban J connectivity index is 0.00000259. The van der Waals surface area contributed by atoms with Gasteiger partial charge in [0, 0.05) is 17.6 Å². The van der Waals surface area contributed by atoms with Crippen molar-refractivity contribution in [2.24, 2.45) is 5.92 Å². The van der Waals surface area contributed by atoms with Gasteiger partial charge in [-0.15, -0.1) is 5.10 Å². The van der Waals surface area contributed by atoms with Crippen molar-refractivity contribution in [2.75, 3.05) is 11.9 Å². The predicted molar refractivity (Wildman–Crippen MR) is 117 cm³/mol. The van der Waals surface area contributed by atoms with E-state index in [0.717, 1.165) is 54.0 Å². The maximum Gasteiger partial charge on any atom is 1.00 e. The maximum absolute atomic E-state index is 10.8. The molecule has 1 aliphatic heterocycles. The first kappa shape index (κ1) is 24.0. The number of carboxylic acid groups (broad SMARTS) is 1. The van der Waals surface area contributed by atoms with Crippen LogP contribution in [-0.4, -0.2) is 22.8 Å². The van der Waals surface area contributed by atoms with E-state index in [4.69, 9.17) is 9.15 Å². The third-order valence-electron chi connectivity index (χ3n) is 6.47. The van der Waals surface area contributed by atoms with Crippen molar-refractivity contribution in [1.29, 1.82) is 0 Å². The van der Waals surface area contributed by atoms with Crippen molar-refractivity contribution in [1.82, 2.24) is 10.2 Å². The number of carboxylic acids is 1. The summed E-state index contributed by atoms with van der Waals surface area (Å²) in [6.45, 7) is 0.469. The quantitative estimate of drug-likeness (QED) is 0.537. The molecule has 0 radical (unpaired) electrons. The number of anilines is 2. The van der Waals surface area contributed by atoms with Crippen LogP contribution in [0.5, 0.6) is 0 Å². The number of ether oxygens (including phenoxy) is 1. The van der Waals surface area contributed by atoms with E-state index in [2.05, 4.69) is 51.9 Å². The number of hydrogen-bond acceptors (Lipinski definition) is 7. The van der Waals surface area contributed by atoms with Crippen LogP contribution in [0.25, 0.3) is 11.1 Å². The summed E-state index contributed by atoms with van der Waals surface area (Å²) in [6.07, 6.45) is 5.26. The zero-order valence-corrected chi connectivity index (χ0v) is 20.8. The Morgan fingerprint density at radius 2 is 1.67 bits per heavy atom. The third-order valence-corrected chi connectivity index (χ3v) is 6.47. The van der Waals surface area contributed by atoms with Crippen molar-refractivity contribution < 1.29 is 48.6 Å². The summed E-state index contributed by atoms with van der Waals surface area (Å²) in [7, 11) is 0. The minimum Gasteiger partial charge on any atom is -0.550 e. The van der Waals surface area contributed by atoms with Gasteiger partial charge in [-0.3, -0.25) is 0 Å². The molecule has 166 valence electrons. The van der Waals surface area contributed by atoms with Gasteiger partial charge in [-0.1, -0.05) is 47.9 Å². The Morgan fingerprint density at radius 3 is 2.24 bits per heavy atom. The molecule has 3 aromatic rings. The van der Waals surface area contributed by atoms with Gasteiger partial charge in [0.1, 0.15) is 0 Å². The number of hydrogen-bond donors (Lipinski definition) is 1. The van der Waals surface area contributed by atoms with E-state index in [0.29, 0.717) is 18.5 Å². The van der Waals surface area contributed by atoms with E-state index < -0.39 is 5.97 Å². The number of nitrogens with zero attached hydrogens (tertiary/aromatic N) is 2. The molecule has 1 saturated heterocycles. The van der Waals surface area contributed by atoms with Crippen molar-refractivity contribution in [2.45, 2.75) is 50.5 Å². The van der Waals surface area contributed by atoms with E-state index in [1.54, 1.807) is 0 Å². The predicted octanol–water partition coefficient (Wildman–Crippen LogP) is 1.36. The minimum absolute atomic E-state index is 0. The van der Waals surface area contributed by atoms with Gasteiger partial charge in [-0.2, -0.15) is 0 Å². The molecule has 2 atom stereocenters. The van der Waals surface area contributed by atoms with E-state index in [1.807, 2.05) is 12.1 Å². The molecule has 0 unspecified atom stereocenters. The molecule has 0 bridgehead atoms. The molecule has 1 aliphatic carbocycles. The molecule has 0 spiro atoms. The second-order valence-electron chi connectivity index (χ2n) is 8.74. The Hall–Kier alpha value is -2.19. The van der Waals surface area contributed by atoms with Gasteiger partial charge in [0.25, 0.3) is 0 Å². The van der Waals surface area contributed by atoms with Gasteiger partial charge in [-0.05, 0) is 66.8 Å². The summed E-state index contributed by atoms with van der Waals surface area (Å²) in [4.78, 5) is 10.8. The van der Waals surface area contributed by atoms with E-state index in [9.17, 15) is 9.90 Å². The van der Waals surface area contributed by atoms with Crippen molar-refractivity contribution in [3.63, 3.8) is 0 Å². The number of aliphatic carboxylic acids is 1. The summed E-state index contributed by atoms with van der Waals surface area (Å²) in [5.41, 5.74) is 4.26. The molecular formula is C25H26N3NaO4. The number of carbonyl (C=O) groups is 1.